The number of hydrazone groups is 1. The van der Waals surface area contributed by atoms with Crippen molar-refractivity contribution >= 4 is 29.3 Å². The van der Waals surface area contributed by atoms with Crippen LogP contribution in [0.15, 0.2) is 65.8 Å². The van der Waals surface area contributed by atoms with Crippen molar-refractivity contribution in [1.29, 1.82) is 0 Å². The molecular formula is C19H17N3O2. The van der Waals surface area contributed by atoms with Gasteiger partial charge in [-0.15, -0.1) is 5.10 Å². The summed E-state index contributed by atoms with van der Waals surface area (Å²) < 4.78 is 5.21. The van der Waals surface area contributed by atoms with E-state index in [1.807, 2.05) is 70.6 Å². The molecule has 0 bridgehead atoms. The molecule has 0 radical (unpaired) electrons. The van der Waals surface area contributed by atoms with E-state index in [-0.39, 0.29) is 6.17 Å². The third kappa shape index (κ3) is 2.25. The van der Waals surface area contributed by atoms with Gasteiger partial charge in [0.25, 0.3) is 0 Å². The maximum atomic E-state index is 12.4. The van der Waals surface area contributed by atoms with Crippen LogP contribution in [-0.2, 0) is 9.53 Å². The van der Waals surface area contributed by atoms with Gasteiger partial charge in [0.2, 0.25) is 5.84 Å². The van der Waals surface area contributed by atoms with Crippen molar-refractivity contribution in [2.75, 3.05) is 16.5 Å². The second-order valence-corrected chi connectivity index (χ2v) is 5.53. The van der Waals surface area contributed by atoms with E-state index >= 15 is 0 Å². The third-order valence-electron chi connectivity index (χ3n) is 4.07. The van der Waals surface area contributed by atoms with Gasteiger partial charge in [-0.2, -0.15) is 0 Å². The Morgan fingerprint density at radius 3 is 2.67 bits per heavy atom. The number of rotatable bonds is 3. The second-order valence-electron chi connectivity index (χ2n) is 5.53. The molecule has 0 saturated heterocycles. The molecule has 2 aromatic rings. The number of fused-ring (bicyclic) bond motifs is 3. The minimum absolute atomic E-state index is 0.179. The highest BCUT2D eigenvalue weighted by Crippen LogP contribution is 2.36. The van der Waals surface area contributed by atoms with Gasteiger partial charge in [-0.3, -0.25) is 4.90 Å². The maximum Gasteiger partial charge on any atom is 0.376 e. The van der Waals surface area contributed by atoms with Crippen molar-refractivity contribution in [3.8, 4) is 0 Å². The summed E-state index contributed by atoms with van der Waals surface area (Å²) in [4.78, 5) is 14.4. The molecule has 2 heterocycles. The molecule has 1 atom stereocenters. The predicted molar refractivity (Wildman–Crippen MR) is 94.7 cm³/mol. The van der Waals surface area contributed by atoms with Gasteiger partial charge >= 0.3 is 5.97 Å². The number of carbonyl (C=O) groups excluding carboxylic acids is 1. The lowest BCUT2D eigenvalue weighted by atomic mass is 10.1. The molecule has 24 heavy (non-hydrogen) atoms. The summed E-state index contributed by atoms with van der Waals surface area (Å²) in [5, 5.41) is 6.42. The first-order valence-corrected chi connectivity index (χ1v) is 7.96. The van der Waals surface area contributed by atoms with Crippen LogP contribution in [0.4, 0.5) is 11.4 Å². The first-order valence-electron chi connectivity index (χ1n) is 7.96. The van der Waals surface area contributed by atoms with Crippen molar-refractivity contribution in [3.63, 3.8) is 0 Å². The molecule has 0 N–H and O–H groups in total. The Bertz CT molecular complexity index is 830. The molecule has 0 saturated carbocycles. The fourth-order valence-electron chi connectivity index (χ4n) is 3.03. The monoisotopic (exact) mass is 319 g/mol. The standard InChI is InChI=1S/C19H17N3O2/c1-2-24-19(23)18-20-22(15-9-4-3-5-10-15)17-13-12-14-8-6-7-11-16(14)21(17)18/h3-13,17H,2H2,1H3. The molecule has 0 aliphatic carbocycles. The highest BCUT2D eigenvalue weighted by atomic mass is 16.5. The number of esters is 1. The molecule has 0 spiro atoms. The summed E-state index contributed by atoms with van der Waals surface area (Å²) in [6, 6.07) is 17.8. The second kappa shape index (κ2) is 5.85. The van der Waals surface area contributed by atoms with Gasteiger partial charge in [-0.05, 0) is 36.8 Å². The van der Waals surface area contributed by atoms with Gasteiger partial charge in [-0.25, -0.2) is 9.80 Å². The van der Waals surface area contributed by atoms with E-state index in [0.717, 1.165) is 16.9 Å². The Morgan fingerprint density at radius 2 is 1.88 bits per heavy atom. The number of anilines is 2. The Morgan fingerprint density at radius 1 is 1.12 bits per heavy atom. The molecule has 5 heteroatoms. The van der Waals surface area contributed by atoms with Crippen LogP contribution in [0.5, 0.6) is 0 Å². The molecule has 120 valence electrons. The largest absolute Gasteiger partial charge is 0.460 e. The number of para-hydroxylation sites is 2. The van der Waals surface area contributed by atoms with Gasteiger partial charge in [0.1, 0.15) is 6.17 Å². The van der Waals surface area contributed by atoms with Crippen molar-refractivity contribution < 1.29 is 9.53 Å². The van der Waals surface area contributed by atoms with Crippen molar-refractivity contribution in [1.82, 2.24) is 0 Å². The summed E-state index contributed by atoms with van der Waals surface area (Å²) in [5.41, 5.74) is 2.94. The summed E-state index contributed by atoms with van der Waals surface area (Å²) in [6.07, 6.45) is 3.93. The van der Waals surface area contributed by atoms with Crippen LogP contribution in [-0.4, -0.2) is 24.6 Å². The average Bonchev–Trinajstić information content (AvgIpc) is 3.03. The van der Waals surface area contributed by atoms with Gasteiger partial charge in [-0.1, -0.05) is 42.5 Å². The number of carbonyl (C=O) groups is 1. The minimum atomic E-state index is -0.411. The number of nitrogens with zero attached hydrogens (tertiary/aromatic N) is 3. The zero-order chi connectivity index (χ0) is 16.5. The van der Waals surface area contributed by atoms with E-state index in [1.54, 1.807) is 6.92 Å². The van der Waals surface area contributed by atoms with Gasteiger partial charge in [0.05, 0.1) is 18.0 Å². The fourth-order valence-corrected chi connectivity index (χ4v) is 3.03. The van der Waals surface area contributed by atoms with Crippen molar-refractivity contribution in [2.45, 2.75) is 13.1 Å². The minimum Gasteiger partial charge on any atom is -0.460 e. The molecule has 0 amide bonds. The van der Waals surface area contributed by atoms with E-state index in [9.17, 15) is 4.79 Å². The molecule has 2 aliphatic rings. The average molecular weight is 319 g/mol. The van der Waals surface area contributed by atoms with E-state index < -0.39 is 5.97 Å². The zero-order valence-corrected chi connectivity index (χ0v) is 13.3. The fraction of sp³-hybridized carbons (Fsp3) is 0.158. The lowest BCUT2D eigenvalue weighted by molar-refractivity contribution is -0.135. The van der Waals surface area contributed by atoms with Crippen LogP contribution in [0.2, 0.25) is 0 Å². The lowest BCUT2D eigenvalue weighted by Crippen LogP contribution is -2.45. The number of hydrogen-bond donors (Lipinski definition) is 0. The summed E-state index contributed by atoms with van der Waals surface area (Å²) >= 11 is 0. The SMILES string of the molecule is CCOC(=O)C1=NN(c2ccccc2)C2C=Cc3ccccc3N12. The van der Waals surface area contributed by atoms with Crippen molar-refractivity contribution in [2.24, 2.45) is 5.10 Å². The van der Waals surface area contributed by atoms with E-state index in [4.69, 9.17) is 4.74 Å². The first kappa shape index (κ1) is 14.5. The highest BCUT2D eigenvalue weighted by molar-refractivity contribution is 6.42. The van der Waals surface area contributed by atoms with Crippen LogP contribution in [0.1, 0.15) is 12.5 Å². The summed E-state index contributed by atoms with van der Waals surface area (Å²) in [6.45, 7) is 2.11. The lowest BCUT2D eigenvalue weighted by Gasteiger charge is -2.32. The van der Waals surface area contributed by atoms with Crippen LogP contribution in [0.3, 0.4) is 0 Å². The highest BCUT2D eigenvalue weighted by Gasteiger charge is 2.40. The van der Waals surface area contributed by atoms with E-state index in [2.05, 4.69) is 11.2 Å². The molecule has 5 nitrogen and oxygen atoms in total. The predicted octanol–water partition coefficient (Wildman–Crippen LogP) is 3.24. The number of ether oxygens (including phenoxy) is 1. The quantitative estimate of drug-likeness (QED) is 0.815. The first-order chi connectivity index (χ1) is 11.8. The van der Waals surface area contributed by atoms with Gasteiger partial charge < -0.3 is 4.74 Å². The third-order valence-corrected chi connectivity index (χ3v) is 4.07. The Kier molecular flexibility index (Phi) is 3.54. The van der Waals surface area contributed by atoms with Gasteiger partial charge in [0, 0.05) is 0 Å². The Hall–Kier alpha value is -3.08. The summed E-state index contributed by atoms with van der Waals surface area (Å²) in [7, 11) is 0. The van der Waals surface area contributed by atoms with Gasteiger partial charge in [0.15, 0.2) is 0 Å². The Labute approximate surface area is 140 Å². The molecular weight excluding hydrogens is 302 g/mol. The number of hydrogen-bond acceptors (Lipinski definition) is 5. The molecule has 4 rings (SSSR count). The van der Waals surface area contributed by atoms with E-state index in [0.29, 0.717) is 12.4 Å². The normalized spacial score (nSPS) is 18.0. The van der Waals surface area contributed by atoms with E-state index in [1.165, 1.54) is 0 Å². The molecule has 0 fully saturated rings. The summed E-state index contributed by atoms with van der Waals surface area (Å²) in [5.74, 6) is -0.103. The topological polar surface area (TPSA) is 45.1 Å². The number of amidine groups is 1. The molecule has 2 aliphatic heterocycles. The zero-order valence-electron chi connectivity index (χ0n) is 13.3. The van der Waals surface area contributed by atoms with Crippen LogP contribution in [0.25, 0.3) is 6.08 Å². The molecule has 2 aromatic carbocycles. The molecule has 1 unspecified atom stereocenters. The molecule has 0 aromatic heterocycles. The van der Waals surface area contributed by atoms with Crippen LogP contribution in [0, 0.1) is 0 Å². The Balaban J connectivity index is 1.82. The smallest absolute Gasteiger partial charge is 0.376 e. The number of benzene rings is 2. The van der Waals surface area contributed by atoms with Crippen LogP contribution >= 0.6 is 0 Å². The maximum absolute atomic E-state index is 12.4. The van der Waals surface area contributed by atoms with Crippen LogP contribution < -0.4 is 9.91 Å². The van der Waals surface area contributed by atoms with Crippen molar-refractivity contribution in [3.05, 3.63) is 66.2 Å².